The van der Waals surface area contributed by atoms with E-state index in [1.807, 2.05) is 18.2 Å². The normalized spacial score (nSPS) is 17.3. The van der Waals surface area contributed by atoms with Crippen LogP contribution in [0.25, 0.3) is 11.1 Å². The van der Waals surface area contributed by atoms with Crippen LogP contribution in [0.3, 0.4) is 0 Å². The van der Waals surface area contributed by atoms with E-state index in [-0.39, 0.29) is 24.6 Å². The first-order valence-corrected chi connectivity index (χ1v) is 10.9. The Hall–Kier alpha value is -3.26. The van der Waals surface area contributed by atoms with Crippen LogP contribution in [-0.4, -0.2) is 52.0 Å². The Kier molecular flexibility index (Phi) is 6.47. The van der Waals surface area contributed by atoms with E-state index in [1.165, 1.54) is 7.11 Å². The third kappa shape index (κ3) is 4.48. The van der Waals surface area contributed by atoms with Gasteiger partial charge in [0, 0.05) is 24.1 Å². The second kappa shape index (κ2) is 9.31. The first-order chi connectivity index (χ1) is 15.9. The van der Waals surface area contributed by atoms with Gasteiger partial charge in [-0.1, -0.05) is 12.1 Å². The number of ether oxygens (including phenoxy) is 5. The highest BCUT2D eigenvalue weighted by atomic mass is 16.6. The van der Waals surface area contributed by atoms with Crippen LogP contribution in [0.2, 0.25) is 0 Å². The van der Waals surface area contributed by atoms with Crippen molar-refractivity contribution in [3.63, 3.8) is 0 Å². The number of amides is 1. The smallest absolute Gasteiger partial charge is 0.315 e. The molecule has 33 heavy (non-hydrogen) atoms. The highest BCUT2D eigenvalue weighted by molar-refractivity contribution is 6.01. The molecule has 2 aromatic carbocycles. The Bertz CT molecular complexity index is 1060. The van der Waals surface area contributed by atoms with Crippen LogP contribution >= 0.6 is 0 Å². The van der Waals surface area contributed by atoms with E-state index in [9.17, 15) is 9.59 Å². The predicted molar refractivity (Wildman–Crippen MR) is 121 cm³/mol. The molecule has 1 amide bonds. The zero-order valence-electron chi connectivity index (χ0n) is 19.4. The predicted octanol–water partition coefficient (Wildman–Crippen LogP) is 3.35. The molecule has 0 saturated carbocycles. The molecule has 0 bridgehead atoms. The van der Waals surface area contributed by atoms with Gasteiger partial charge in [0.25, 0.3) is 5.91 Å². The van der Waals surface area contributed by atoms with Gasteiger partial charge in [0.2, 0.25) is 5.75 Å². The van der Waals surface area contributed by atoms with Crippen molar-refractivity contribution in [2.75, 3.05) is 34.0 Å². The number of methoxy groups -OCH3 is 2. The van der Waals surface area contributed by atoms with Crippen molar-refractivity contribution in [3.8, 4) is 28.4 Å². The molecule has 8 heteroatoms. The number of carbonyl (C=O) groups excluding carboxylic acids is 2. The van der Waals surface area contributed by atoms with Crippen LogP contribution in [0, 0.1) is 5.41 Å². The van der Waals surface area contributed by atoms with E-state index in [4.69, 9.17) is 23.7 Å². The average Bonchev–Trinajstić information content (AvgIpc) is 3.46. The summed E-state index contributed by atoms with van der Waals surface area (Å²) in [5.41, 5.74) is 2.21. The zero-order chi connectivity index (χ0) is 23.6. The van der Waals surface area contributed by atoms with Crippen LogP contribution in [0.4, 0.5) is 0 Å². The lowest BCUT2D eigenvalue weighted by molar-refractivity contribution is -0.161. The fourth-order valence-corrected chi connectivity index (χ4v) is 3.99. The van der Waals surface area contributed by atoms with E-state index in [0.717, 1.165) is 16.7 Å². The molecule has 2 heterocycles. The van der Waals surface area contributed by atoms with Crippen molar-refractivity contribution >= 4 is 11.9 Å². The van der Waals surface area contributed by atoms with Gasteiger partial charge in [-0.3, -0.25) is 9.59 Å². The summed E-state index contributed by atoms with van der Waals surface area (Å²) in [6.45, 7) is 5.06. The van der Waals surface area contributed by atoms with E-state index in [1.54, 1.807) is 33.1 Å². The summed E-state index contributed by atoms with van der Waals surface area (Å²) in [5, 5.41) is 2.86. The van der Waals surface area contributed by atoms with Crippen molar-refractivity contribution in [1.82, 2.24) is 5.32 Å². The van der Waals surface area contributed by atoms with Crippen molar-refractivity contribution < 1.29 is 33.3 Å². The molecule has 0 spiro atoms. The van der Waals surface area contributed by atoms with Gasteiger partial charge in [-0.25, -0.2) is 0 Å². The van der Waals surface area contributed by atoms with E-state index >= 15 is 0 Å². The highest BCUT2D eigenvalue weighted by Crippen LogP contribution is 2.46. The molecule has 0 aromatic heterocycles. The molecular weight excluding hydrogens is 426 g/mol. The molecule has 176 valence electrons. The fraction of sp³-hybridized carbons (Fsp3) is 0.440. The van der Waals surface area contributed by atoms with Crippen LogP contribution < -0.4 is 19.5 Å². The highest BCUT2D eigenvalue weighted by Gasteiger charge is 2.35. The molecule has 4 rings (SSSR count). The zero-order valence-corrected chi connectivity index (χ0v) is 19.4. The van der Waals surface area contributed by atoms with Gasteiger partial charge in [0.05, 0.1) is 32.8 Å². The van der Waals surface area contributed by atoms with Crippen LogP contribution in [-0.2, 0) is 20.8 Å². The number of esters is 1. The first kappa shape index (κ1) is 22.9. The van der Waals surface area contributed by atoms with Crippen molar-refractivity contribution in [2.45, 2.75) is 32.9 Å². The molecule has 0 radical (unpaired) electrons. The molecule has 8 nitrogen and oxygen atoms in total. The van der Waals surface area contributed by atoms with Crippen molar-refractivity contribution in [3.05, 3.63) is 41.5 Å². The average molecular weight is 456 g/mol. The number of benzene rings is 2. The fourth-order valence-electron chi connectivity index (χ4n) is 3.99. The maximum absolute atomic E-state index is 12.8. The van der Waals surface area contributed by atoms with Crippen molar-refractivity contribution in [2.24, 2.45) is 5.41 Å². The Morgan fingerprint density at radius 3 is 2.58 bits per heavy atom. The number of carbonyl (C=O) groups is 2. The molecular formula is C25H29NO7. The summed E-state index contributed by atoms with van der Waals surface area (Å²) in [7, 11) is 3.09. The maximum atomic E-state index is 12.8. The number of hydrogen-bond acceptors (Lipinski definition) is 7. The first-order valence-electron chi connectivity index (χ1n) is 10.9. The number of nitrogens with one attached hydrogen (secondary N) is 1. The molecule has 0 aliphatic carbocycles. The van der Waals surface area contributed by atoms with E-state index in [2.05, 4.69) is 5.32 Å². The Morgan fingerprint density at radius 1 is 1.09 bits per heavy atom. The summed E-state index contributed by atoms with van der Waals surface area (Å²) in [5.74, 6) is 0.904. The Labute approximate surface area is 193 Å². The second-order valence-electron chi connectivity index (χ2n) is 8.76. The largest absolute Gasteiger partial charge is 0.493 e. The van der Waals surface area contributed by atoms with Gasteiger partial charge in [-0.15, -0.1) is 0 Å². The third-order valence-corrected chi connectivity index (χ3v) is 5.93. The summed E-state index contributed by atoms with van der Waals surface area (Å²) in [6.07, 6.45) is 0.471. The van der Waals surface area contributed by atoms with E-state index < -0.39 is 5.41 Å². The van der Waals surface area contributed by atoms with Crippen LogP contribution in [0.5, 0.6) is 17.2 Å². The second-order valence-corrected chi connectivity index (χ2v) is 8.76. The van der Waals surface area contributed by atoms with Crippen LogP contribution in [0.1, 0.15) is 36.2 Å². The topological polar surface area (TPSA) is 92.3 Å². The number of hydrogen-bond donors (Lipinski definition) is 1. The standard InChI is InChI=1S/C25H29NO7/c1-25(2,24(28)33-15-10-11-31-13-15)14-32-21-17(8-9-20(29-3)22(21)30-4)16-6-5-7-18-19(16)12-26-23(18)27/h5-9,15H,10-14H2,1-4H3,(H,26,27)/t15-/m1/s1. The SMILES string of the molecule is COc1ccc(-c2cccc3c2CNC3=O)c(OCC(C)(C)C(=O)O[C@@H]2CCOC2)c1OC. The molecule has 1 atom stereocenters. The van der Waals surface area contributed by atoms with E-state index in [0.29, 0.717) is 49.0 Å². The van der Waals surface area contributed by atoms with Crippen LogP contribution in [0.15, 0.2) is 30.3 Å². The summed E-state index contributed by atoms with van der Waals surface area (Å²) in [6, 6.07) is 9.24. The van der Waals surface area contributed by atoms with Gasteiger partial charge in [0.15, 0.2) is 11.5 Å². The Balaban J connectivity index is 1.67. The summed E-state index contributed by atoms with van der Waals surface area (Å²) >= 11 is 0. The third-order valence-electron chi connectivity index (χ3n) is 5.93. The number of fused-ring (bicyclic) bond motifs is 1. The molecule has 1 N–H and O–H groups in total. The van der Waals surface area contributed by atoms with Gasteiger partial charge >= 0.3 is 5.97 Å². The van der Waals surface area contributed by atoms with Gasteiger partial charge in [0.1, 0.15) is 12.7 Å². The number of rotatable bonds is 8. The maximum Gasteiger partial charge on any atom is 0.315 e. The molecule has 0 unspecified atom stereocenters. The lowest BCUT2D eigenvalue weighted by Crippen LogP contribution is -2.35. The monoisotopic (exact) mass is 455 g/mol. The minimum Gasteiger partial charge on any atom is -0.493 e. The van der Waals surface area contributed by atoms with Gasteiger partial charge < -0.3 is 29.0 Å². The lowest BCUT2D eigenvalue weighted by Gasteiger charge is -2.26. The quantitative estimate of drug-likeness (QED) is 0.610. The summed E-state index contributed by atoms with van der Waals surface area (Å²) in [4.78, 5) is 25.0. The van der Waals surface area contributed by atoms with Crippen molar-refractivity contribution in [1.29, 1.82) is 0 Å². The molecule has 1 saturated heterocycles. The van der Waals surface area contributed by atoms with Gasteiger partial charge in [-0.05, 0) is 43.2 Å². The van der Waals surface area contributed by atoms with Gasteiger partial charge in [-0.2, -0.15) is 0 Å². The molecule has 2 aliphatic heterocycles. The minimum absolute atomic E-state index is 0.0577. The summed E-state index contributed by atoms with van der Waals surface area (Å²) < 4.78 is 28.3. The Morgan fingerprint density at radius 2 is 1.88 bits per heavy atom. The molecule has 1 fully saturated rings. The lowest BCUT2D eigenvalue weighted by atomic mass is 9.94. The molecule has 2 aliphatic rings. The molecule has 2 aromatic rings. The minimum atomic E-state index is -0.913.